The molecule has 0 aliphatic carbocycles. The Morgan fingerprint density at radius 3 is 2.36 bits per heavy atom. The van der Waals surface area contributed by atoms with Crippen LogP contribution in [-0.2, 0) is 4.84 Å². The van der Waals surface area contributed by atoms with Gasteiger partial charge in [0.05, 0.1) is 22.4 Å². The normalized spacial score (nSPS) is 11.2. The number of hydrogen-bond donors (Lipinski definition) is 0. The molecule has 0 amide bonds. The summed E-state index contributed by atoms with van der Waals surface area (Å²) in [4.78, 5) is 5.12. The van der Waals surface area contributed by atoms with Crippen LogP contribution in [0, 0.1) is 0 Å². The molecule has 0 atom stereocenters. The number of nitrogens with zero attached hydrogens (tertiary/aromatic N) is 1. The SMILES string of the molecule is CC(C)=NOCCCCCOc1c(Cl)cc(OC/C=C(\F)Br)cc1Cl. The molecule has 1 aromatic rings. The third-order valence-corrected chi connectivity index (χ3v) is 3.72. The molecule has 0 radical (unpaired) electrons. The number of hydrogen-bond acceptors (Lipinski definition) is 4. The van der Waals surface area contributed by atoms with Crippen LogP contribution in [0.3, 0.4) is 0 Å². The van der Waals surface area contributed by atoms with Gasteiger partial charge in [0.1, 0.15) is 19.0 Å². The summed E-state index contributed by atoms with van der Waals surface area (Å²) in [7, 11) is 0. The molecule has 4 nitrogen and oxygen atoms in total. The average molecular weight is 457 g/mol. The molecule has 0 saturated heterocycles. The van der Waals surface area contributed by atoms with Gasteiger partial charge in [0.25, 0.3) is 0 Å². The highest BCUT2D eigenvalue weighted by molar-refractivity contribution is 9.11. The summed E-state index contributed by atoms with van der Waals surface area (Å²) < 4.78 is 23.0. The molecule has 140 valence electrons. The third-order valence-electron chi connectivity index (χ3n) is 2.83. The summed E-state index contributed by atoms with van der Waals surface area (Å²) in [6.07, 6.45) is 3.92. The summed E-state index contributed by atoms with van der Waals surface area (Å²) in [6.45, 7) is 4.91. The van der Waals surface area contributed by atoms with Crippen molar-refractivity contribution in [3.05, 3.63) is 33.0 Å². The van der Waals surface area contributed by atoms with E-state index in [9.17, 15) is 4.39 Å². The molecule has 25 heavy (non-hydrogen) atoms. The second-order valence-electron chi connectivity index (χ2n) is 5.30. The average Bonchev–Trinajstić information content (AvgIpc) is 2.51. The van der Waals surface area contributed by atoms with E-state index in [4.69, 9.17) is 37.5 Å². The van der Waals surface area contributed by atoms with Crippen LogP contribution < -0.4 is 9.47 Å². The first kappa shape index (κ1) is 22.1. The molecular weight excluding hydrogens is 436 g/mol. The van der Waals surface area contributed by atoms with Gasteiger partial charge in [-0.3, -0.25) is 0 Å². The van der Waals surface area contributed by atoms with Gasteiger partial charge in [-0.1, -0.05) is 28.4 Å². The van der Waals surface area contributed by atoms with Crippen molar-refractivity contribution in [2.45, 2.75) is 33.1 Å². The van der Waals surface area contributed by atoms with Crippen LogP contribution in [0.1, 0.15) is 33.1 Å². The summed E-state index contributed by atoms with van der Waals surface area (Å²) in [5, 5.41) is 4.56. The number of halogens is 4. The minimum atomic E-state index is -0.494. The van der Waals surface area contributed by atoms with Crippen molar-refractivity contribution >= 4 is 44.8 Å². The highest BCUT2D eigenvalue weighted by atomic mass is 79.9. The van der Waals surface area contributed by atoms with E-state index in [1.54, 1.807) is 12.1 Å². The van der Waals surface area contributed by atoms with Gasteiger partial charge in [-0.05, 0) is 55.1 Å². The highest BCUT2D eigenvalue weighted by Crippen LogP contribution is 2.37. The monoisotopic (exact) mass is 455 g/mol. The summed E-state index contributed by atoms with van der Waals surface area (Å²) in [5.41, 5.74) is 0.897. The Morgan fingerprint density at radius 1 is 1.12 bits per heavy atom. The van der Waals surface area contributed by atoms with E-state index in [2.05, 4.69) is 21.1 Å². The Balaban J connectivity index is 2.36. The van der Waals surface area contributed by atoms with Crippen LogP contribution in [0.5, 0.6) is 11.5 Å². The summed E-state index contributed by atoms with van der Waals surface area (Å²) in [5.74, 6) is 0.858. The van der Waals surface area contributed by atoms with Crippen molar-refractivity contribution < 1.29 is 18.7 Å². The van der Waals surface area contributed by atoms with Crippen LogP contribution in [0.25, 0.3) is 0 Å². The minimum absolute atomic E-state index is 0.0631. The van der Waals surface area contributed by atoms with E-state index >= 15 is 0 Å². The fraction of sp³-hybridized carbons (Fsp3) is 0.471. The zero-order chi connectivity index (χ0) is 18.7. The molecule has 8 heteroatoms. The zero-order valence-electron chi connectivity index (χ0n) is 14.2. The second-order valence-corrected chi connectivity index (χ2v) is 6.87. The van der Waals surface area contributed by atoms with Gasteiger partial charge < -0.3 is 14.3 Å². The van der Waals surface area contributed by atoms with Gasteiger partial charge in [-0.25, -0.2) is 0 Å². The molecule has 0 aromatic heterocycles. The number of rotatable bonds is 11. The van der Waals surface area contributed by atoms with Crippen LogP contribution in [0.2, 0.25) is 10.0 Å². The number of oxime groups is 1. The summed E-state index contributed by atoms with van der Waals surface area (Å²) in [6, 6.07) is 3.17. The predicted molar refractivity (Wildman–Crippen MR) is 104 cm³/mol. The first-order valence-corrected chi connectivity index (χ1v) is 9.34. The maximum absolute atomic E-state index is 12.5. The zero-order valence-corrected chi connectivity index (χ0v) is 17.3. The molecule has 1 rings (SSSR count). The van der Waals surface area contributed by atoms with Crippen LogP contribution in [0.15, 0.2) is 28.1 Å². The summed E-state index contributed by atoms with van der Waals surface area (Å²) >= 11 is 15.0. The predicted octanol–water partition coefficient (Wildman–Crippen LogP) is 6.54. The standard InChI is InChI=1S/C17H21BrCl2FNO3/c1-12(2)22-25-8-5-3-4-7-24-17-14(19)10-13(11-15(17)20)23-9-6-16(18)21/h6,10-11H,3-5,7-9H2,1-2H3/b16-6-. The third kappa shape index (κ3) is 9.92. The van der Waals surface area contributed by atoms with Crippen molar-refractivity contribution in [1.82, 2.24) is 0 Å². The van der Waals surface area contributed by atoms with Gasteiger partial charge in [-0.2, -0.15) is 4.39 Å². The Bertz CT molecular complexity index is 581. The molecule has 1 aromatic carbocycles. The van der Waals surface area contributed by atoms with Crippen molar-refractivity contribution in [3.8, 4) is 11.5 Å². The Labute approximate surface area is 166 Å². The maximum Gasteiger partial charge on any atom is 0.165 e. The van der Waals surface area contributed by atoms with Crippen LogP contribution in [-0.4, -0.2) is 25.5 Å². The largest absolute Gasteiger partial charge is 0.490 e. The number of benzene rings is 1. The molecule has 0 aliphatic heterocycles. The molecule has 0 saturated carbocycles. The van der Waals surface area contributed by atoms with E-state index < -0.39 is 4.74 Å². The lowest BCUT2D eigenvalue weighted by atomic mass is 10.2. The molecule has 0 N–H and O–H groups in total. The molecule has 0 bridgehead atoms. The fourth-order valence-electron chi connectivity index (χ4n) is 1.75. The second kappa shape index (κ2) is 12.4. The van der Waals surface area contributed by atoms with Gasteiger partial charge >= 0.3 is 0 Å². The molecular formula is C17H21BrCl2FNO3. The van der Waals surface area contributed by atoms with E-state index in [-0.39, 0.29) is 6.61 Å². The first-order valence-electron chi connectivity index (χ1n) is 7.79. The lowest BCUT2D eigenvalue weighted by Gasteiger charge is -2.12. The maximum atomic E-state index is 12.5. The number of unbranched alkanes of at least 4 members (excludes halogenated alkanes) is 2. The number of ether oxygens (including phenoxy) is 2. The van der Waals surface area contributed by atoms with Gasteiger partial charge in [-0.15, -0.1) is 0 Å². The molecule has 0 heterocycles. The Kier molecular flexibility index (Phi) is 10.9. The van der Waals surface area contributed by atoms with E-state index in [1.807, 2.05) is 13.8 Å². The van der Waals surface area contributed by atoms with Crippen molar-refractivity contribution in [2.24, 2.45) is 5.16 Å². The lowest BCUT2D eigenvalue weighted by Crippen LogP contribution is -2.01. The van der Waals surface area contributed by atoms with Crippen LogP contribution in [0.4, 0.5) is 4.39 Å². The lowest BCUT2D eigenvalue weighted by molar-refractivity contribution is 0.138. The first-order chi connectivity index (χ1) is 11.9. The van der Waals surface area contributed by atoms with Gasteiger partial charge in [0.2, 0.25) is 0 Å². The van der Waals surface area contributed by atoms with E-state index in [1.165, 1.54) is 6.08 Å². The van der Waals surface area contributed by atoms with Gasteiger partial charge in [0, 0.05) is 12.1 Å². The van der Waals surface area contributed by atoms with Crippen LogP contribution >= 0.6 is 39.1 Å². The molecule has 0 spiro atoms. The molecule has 0 unspecified atom stereocenters. The topological polar surface area (TPSA) is 40.0 Å². The Hall–Kier alpha value is -0.980. The fourth-order valence-corrected chi connectivity index (χ4v) is 2.46. The van der Waals surface area contributed by atoms with Crippen molar-refractivity contribution in [3.63, 3.8) is 0 Å². The molecule has 0 fully saturated rings. The quantitative estimate of drug-likeness (QED) is 0.215. The Morgan fingerprint density at radius 2 is 1.76 bits per heavy atom. The smallest absolute Gasteiger partial charge is 0.165 e. The van der Waals surface area contributed by atoms with E-state index in [0.717, 1.165) is 25.0 Å². The van der Waals surface area contributed by atoms with Gasteiger partial charge in [0.15, 0.2) is 10.5 Å². The van der Waals surface area contributed by atoms with Crippen molar-refractivity contribution in [1.29, 1.82) is 0 Å². The highest BCUT2D eigenvalue weighted by Gasteiger charge is 2.10. The minimum Gasteiger partial charge on any atom is -0.490 e. The molecule has 0 aliphatic rings. The van der Waals surface area contributed by atoms with E-state index in [0.29, 0.717) is 34.8 Å². The van der Waals surface area contributed by atoms with Crippen molar-refractivity contribution in [2.75, 3.05) is 19.8 Å².